The van der Waals surface area contributed by atoms with Crippen molar-refractivity contribution in [3.63, 3.8) is 0 Å². The molecule has 0 radical (unpaired) electrons. The predicted molar refractivity (Wildman–Crippen MR) is 78.7 cm³/mol. The summed E-state index contributed by atoms with van der Waals surface area (Å²) in [6.07, 6.45) is 0.273. The van der Waals surface area contributed by atoms with Crippen LogP contribution in [0.25, 0.3) is 0 Å². The molecule has 0 aromatic heterocycles. The molecule has 1 aromatic carbocycles. The van der Waals surface area contributed by atoms with Crippen molar-refractivity contribution in [1.82, 2.24) is 5.32 Å². The quantitative estimate of drug-likeness (QED) is 0.888. The number of carbonyl (C=O) groups excluding carboxylic acids is 1. The average molecular weight is 292 g/mol. The van der Waals surface area contributed by atoms with E-state index in [4.69, 9.17) is 4.74 Å². The Bertz CT molecular complexity index is 545. The van der Waals surface area contributed by atoms with Gasteiger partial charge in [0.25, 0.3) is 0 Å². The van der Waals surface area contributed by atoms with E-state index in [9.17, 15) is 14.7 Å². The molecule has 6 nitrogen and oxygen atoms in total. The van der Waals surface area contributed by atoms with Crippen LogP contribution in [-0.4, -0.2) is 42.9 Å². The Balaban J connectivity index is 2.17. The third-order valence-electron chi connectivity index (χ3n) is 3.68. The molecule has 1 atom stereocenters. The standard InChI is InChI=1S/C15H20N2O4/c1-10-6-11(2)8-12(7-10)17(3)14(20)16-15(13(18)19)4-5-21-9-15/h6-8H,4-5,9H2,1-3H3,(H,16,20)(H,18,19). The van der Waals surface area contributed by atoms with Crippen molar-refractivity contribution in [2.45, 2.75) is 25.8 Å². The zero-order valence-electron chi connectivity index (χ0n) is 12.5. The van der Waals surface area contributed by atoms with Crippen LogP contribution in [-0.2, 0) is 9.53 Å². The Morgan fingerprint density at radius 2 is 1.90 bits per heavy atom. The molecular formula is C15H20N2O4. The summed E-state index contributed by atoms with van der Waals surface area (Å²) in [5, 5.41) is 11.9. The van der Waals surface area contributed by atoms with Crippen molar-refractivity contribution in [2.75, 3.05) is 25.2 Å². The monoisotopic (exact) mass is 292 g/mol. The van der Waals surface area contributed by atoms with Gasteiger partial charge in [0.15, 0.2) is 5.54 Å². The van der Waals surface area contributed by atoms with Gasteiger partial charge in [0, 0.05) is 25.8 Å². The Labute approximate surface area is 123 Å². The van der Waals surface area contributed by atoms with Crippen molar-refractivity contribution in [3.8, 4) is 0 Å². The van der Waals surface area contributed by atoms with E-state index in [-0.39, 0.29) is 13.0 Å². The number of carboxylic acids is 1. The summed E-state index contributed by atoms with van der Waals surface area (Å²) >= 11 is 0. The van der Waals surface area contributed by atoms with Gasteiger partial charge in [-0.2, -0.15) is 0 Å². The molecule has 1 heterocycles. The zero-order chi connectivity index (χ0) is 15.6. The Kier molecular flexibility index (Phi) is 4.18. The maximum absolute atomic E-state index is 12.3. The van der Waals surface area contributed by atoms with Crippen LogP contribution < -0.4 is 10.2 Å². The molecular weight excluding hydrogens is 272 g/mol. The van der Waals surface area contributed by atoms with Gasteiger partial charge in [0.2, 0.25) is 0 Å². The maximum atomic E-state index is 12.3. The highest BCUT2D eigenvalue weighted by Crippen LogP contribution is 2.22. The van der Waals surface area contributed by atoms with Gasteiger partial charge in [-0.3, -0.25) is 4.90 Å². The second kappa shape index (κ2) is 5.73. The number of carbonyl (C=O) groups is 2. The molecule has 0 saturated carbocycles. The molecule has 0 aliphatic carbocycles. The smallest absolute Gasteiger partial charge is 0.332 e. The van der Waals surface area contributed by atoms with Crippen molar-refractivity contribution in [1.29, 1.82) is 0 Å². The molecule has 114 valence electrons. The predicted octanol–water partition coefficient (Wildman–Crippen LogP) is 1.69. The highest BCUT2D eigenvalue weighted by atomic mass is 16.5. The van der Waals surface area contributed by atoms with Crippen LogP contribution in [0, 0.1) is 13.8 Å². The van der Waals surface area contributed by atoms with E-state index >= 15 is 0 Å². The second-order valence-corrected chi connectivity index (χ2v) is 5.52. The first kappa shape index (κ1) is 15.3. The fourth-order valence-electron chi connectivity index (χ4n) is 2.44. The third-order valence-corrected chi connectivity index (χ3v) is 3.68. The number of hydrogen-bond donors (Lipinski definition) is 2. The molecule has 2 amide bonds. The minimum Gasteiger partial charge on any atom is -0.479 e. The molecule has 1 fully saturated rings. The largest absolute Gasteiger partial charge is 0.479 e. The molecule has 21 heavy (non-hydrogen) atoms. The number of rotatable bonds is 3. The Morgan fingerprint density at radius 3 is 2.38 bits per heavy atom. The number of benzene rings is 1. The molecule has 0 spiro atoms. The summed E-state index contributed by atoms with van der Waals surface area (Å²) in [4.78, 5) is 25.2. The van der Waals surface area contributed by atoms with Gasteiger partial charge < -0.3 is 15.2 Å². The van der Waals surface area contributed by atoms with E-state index in [1.807, 2.05) is 32.0 Å². The van der Waals surface area contributed by atoms with Crippen LogP contribution in [0.2, 0.25) is 0 Å². The van der Waals surface area contributed by atoms with Crippen LogP contribution in [0.4, 0.5) is 10.5 Å². The number of carboxylic acid groups (broad SMARTS) is 1. The van der Waals surface area contributed by atoms with Crippen LogP contribution in [0.5, 0.6) is 0 Å². The first-order chi connectivity index (χ1) is 9.84. The minimum absolute atomic E-state index is 0.00520. The van der Waals surface area contributed by atoms with Crippen molar-refractivity contribution in [3.05, 3.63) is 29.3 Å². The van der Waals surface area contributed by atoms with Crippen molar-refractivity contribution < 1.29 is 19.4 Å². The topological polar surface area (TPSA) is 78.9 Å². The molecule has 0 bridgehead atoms. The number of anilines is 1. The van der Waals surface area contributed by atoms with E-state index in [0.717, 1.165) is 16.8 Å². The lowest BCUT2D eigenvalue weighted by Gasteiger charge is -2.27. The Morgan fingerprint density at radius 1 is 1.29 bits per heavy atom. The molecule has 2 rings (SSSR count). The highest BCUT2D eigenvalue weighted by Gasteiger charge is 2.44. The number of amides is 2. The summed E-state index contributed by atoms with van der Waals surface area (Å²) in [5.74, 6) is -1.07. The van der Waals surface area contributed by atoms with Gasteiger partial charge in [0.1, 0.15) is 0 Å². The van der Waals surface area contributed by atoms with Crippen LogP contribution >= 0.6 is 0 Å². The summed E-state index contributed by atoms with van der Waals surface area (Å²) in [6.45, 7) is 4.23. The molecule has 2 N–H and O–H groups in total. The molecule has 1 aromatic rings. The lowest BCUT2D eigenvalue weighted by atomic mass is 9.99. The first-order valence-electron chi connectivity index (χ1n) is 6.79. The van der Waals surface area contributed by atoms with E-state index in [1.165, 1.54) is 4.90 Å². The van der Waals surface area contributed by atoms with Gasteiger partial charge in [-0.1, -0.05) is 6.07 Å². The van der Waals surface area contributed by atoms with E-state index in [1.54, 1.807) is 7.05 Å². The number of aliphatic carboxylic acids is 1. The fraction of sp³-hybridized carbons (Fsp3) is 0.467. The van der Waals surface area contributed by atoms with Crippen molar-refractivity contribution >= 4 is 17.7 Å². The summed E-state index contributed by atoms with van der Waals surface area (Å²) in [7, 11) is 1.62. The van der Waals surface area contributed by atoms with Crippen LogP contribution in [0.15, 0.2) is 18.2 Å². The highest BCUT2D eigenvalue weighted by molar-refractivity contribution is 5.95. The van der Waals surface area contributed by atoms with Crippen molar-refractivity contribution in [2.24, 2.45) is 0 Å². The van der Waals surface area contributed by atoms with Gasteiger partial charge in [0.05, 0.1) is 6.61 Å². The first-order valence-corrected chi connectivity index (χ1v) is 6.79. The SMILES string of the molecule is Cc1cc(C)cc(N(C)C(=O)NC2(C(=O)O)CCOC2)c1. The third kappa shape index (κ3) is 3.16. The van der Waals surface area contributed by atoms with E-state index in [0.29, 0.717) is 6.61 Å². The lowest BCUT2D eigenvalue weighted by Crippen LogP contribution is -2.58. The van der Waals surface area contributed by atoms with E-state index in [2.05, 4.69) is 5.32 Å². The fourth-order valence-corrected chi connectivity index (χ4v) is 2.44. The molecule has 1 saturated heterocycles. The number of hydrogen-bond acceptors (Lipinski definition) is 3. The number of urea groups is 1. The number of nitrogens with zero attached hydrogens (tertiary/aromatic N) is 1. The van der Waals surface area contributed by atoms with Gasteiger partial charge >= 0.3 is 12.0 Å². The molecule has 1 aliphatic rings. The van der Waals surface area contributed by atoms with Crippen LogP contribution in [0.3, 0.4) is 0 Å². The molecule has 1 unspecified atom stereocenters. The molecule has 1 aliphatic heterocycles. The molecule has 6 heteroatoms. The number of aryl methyl sites for hydroxylation is 2. The summed E-state index contributed by atoms with van der Waals surface area (Å²) in [6, 6.07) is 5.32. The van der Waals surface area contributed by atoms with Gasteiger partial charge in [-0.05, 0) is 37.1 Å². The average Bonchev–Trinajstić information content (AvgIpc) is 2.86. The Hall–Kier alpha value is -2.08. The normalized spacial score (nSPS) is 21.1. The zero-order valence-corrected chi connectivity index (χ0v) is 12.5. The second-order valence-electron chi connectivity index (χ2n) is 5.52. The lowest BCUT2D eigenvalue weighted by molar-refractivity contribution is -0.144. The van der Waals surface area contributed by atoms with Gasteiger partial charge in [-0.15, -0.1) is 0 Å². The minimum atomic E-state index is -1.33. The van der Waals surface area contributed by atoms with Crippen LogP contribution in [0.1, 0.15) is 17.5 Å². The summed E-state index contributed by atoms with van der Waals surface area (Å²) < 4.78 is 5.13. The maximum Gasteiger partial charge on any atom is 0.332 e. The summed E-state index contributed by atoms with van der Waals surface area (Å²) in [5.41, 5.74) is 1.48. The van der Waals surface area contributed by atoms with Gasteiger partial charge in [-0.25, -0.2) is 9.59 Å². The van der Waals surface area contributed by atoms with E-state index < -0.39 is 17.5 Å². The number of ether oxygens (including phenoxy) is 1. The number of nitrogens with one attached hydrogen (secondary N) is 1.